The van der Waals surface area contributed by atoms with Gasteiger partial charge in [0.25, 0.3) is 0 Å². The molecule has 1 aromatic heterocycles. The van der Waals surface area contributed by atoms with E-state index in [1.807, 2.05) is 13.8 Å². The molecule has 0 spiro atoms. The Bertz CT molecular complexity index is 693. The number of aliphatic hydroxyl groups is 1. The third kappa shape index (κ3) is 8.70. The van der Waals surface area contributed by atoms with Crippen molar-refractivity contribution < 1.29 is 29.4 Å². The van der Waals surface area contributed by atoms with Gasteiger partial charge in [-0.1, -0.05) is 13.8 Å². The maximum atomic E-state index is 12.4. The van der Waals surface area contributed by atoms with E-state index >= 15 is 0 Å². The second-order valence-electron chi connectivity index (χ2n) is 6.94. The quantitative estimate of drug-likeness (QED) is 0.195. The smallest absolute Gasteiger partial charge is 0.328 e. The van der Waals surface area contributed by atoms with Crippen LogP contribution < -0.4 is 21.7 Å². The van der Waals surface area contributed by atoms with Gasteiger partial charge in [0.15, 0.2) is 0 Å². The molecule has 3 atom stereocenters. The largest absolute Gasteiger partial charge is 0.480 e. The summed E-state index contributed by atoms with van der Waals surface area (Å²) in [6.45, 7) is 2.44. The van der Waals surface area contributed by atoms with Crippen molar-refractivity contribution in [2.45, 2.75) is 44.8 Å². The van der Waals surface area contributed by atoms with Gasteiger partial charge in [-0.15, -0.1) is 0 Å². The highest BCUT2D eigenvalue weighted by atomic mass is 16.4. The SMILES string of the molecule is CC(C)CC(NC(=O)C(N)Cc1cnc[nH]1)C(=O)NCC(=O)NC(CO)C(=O)O. The van der Waals surface area contributed by atoms with Crippen LogP contribution in [-0.4, -0.2) is 75.1 Å². The van der Waals surface area contributed by atoms with Crippen LogP contribution in [0.25, 0.3) is 0 Å². The zero-order chi connectivity index (χ0) is 22.0. The van der Waals surface area contributed by atoms with Crippen LogP contribution in [0.1, 0.15) is 26.0 Å². The fourth-order valence-electron chi connectivity index (χ4n) is 2.43. The molecule has 0 radical (unpaired) electrons. The van der Waals surface area contributed by atoms with E-state index in [4.69, 9.17) is 15.9 Å². The number of nitrogens with two attached hydrogens (primary N) is 1. The van der Waals surface area contributed by atoms with E-state index < -0.39 is 55.0 Å². The summed E-state index contributed by atoms with van der Waals surface area (Å²) in [6, 6.07) is -3.29. The number of carboxylic acid groups (broad SMARTS) is 1. The van der Waals surface area contributed by atoms with Gasteiger partial charge in [-0.3, -0.25) is 14.4 Å². The number of hydrogen-bond donors (Lipinski definition) is 7. The zero-order valence-electron chi connectivity index (χ0n) is 16.3. The lowest BCUT2D eigenvalue weighted by atomic mass is 10.0. The number of rotatable bonds is 12. The number of hydrogen-bond acceptors (Lipinski definition) is 7. The number of carbonyl (C=O) groups excluding carboxylic acids is 3. The van der Waals surface area contributed by atoms with Crippen molar-refractivity contribution in [2.24, 2.45) is 11.7 Å². The molecule has 29 heavy (non-hydrogen) atoms. The number of aromatic amines is 1. The number of carbonyl (C=O) groups is 4. The van der Waals surface area contributed by atoms with Gasteiger partial charge in [-0.05, 0) is 12.3 Å². The topological polar surface area (TPSA) is 200 Å². The molecule has 0 fully saturated rings. The van der Waals surface area contributed by atoms with Gasteiger partial charge >= 0.3 is 5.97 Å². The average Bonchev–Trinajstić information content (AvgIpc) is 3.15. The first-order chi connectivity index (χ1) is 13.6. The summed E-state index contributed by atoms with van der Waals surface area (Å²) in [4.78, 5) is 54.0. The van der Waals surface area contributed by atoms with Gasteiger partial charge < -0.3 is 36.9 Å². The predicted molar refractivity (Wildman–Crippen MR) is 101 cm³/mol. The molecule has 12 nitrogen and oxygen atoms in total. The molecule has 0 aliphatic heterocycles. The number of aliphatic hydroxyl groups excluding tert-OH is 1. The van der Waals surface area contributed by atoms with Gasteiger partial charge in [0.05, 0.1) is 25.5 Å². The number of amides is 3. The molecule has 12 heteroatoms. The molecule has 1 aromatic rings. The molecular weight excluding hydrogens is 384 g/mol. The van der Waals surface area contributed by atoms with Crippen molar-refractivity contribution in [3.63, 3.8) is 0 Å². The Morgan fingerprint density at radius 2 is 1.86 bits per heavy atom. The number of imidazole rings is 1. The monoisotopic (exact) mass is 412 g/mol. The molecule has 1 heterocycles. The molecular formula is C17H28N6O6. The Balaban J connectivity index is 2.61. The van der Waals surface area contributed by atoms with Crippen LogP contribution in [0.3, 0.4) is 0 Å². The second-order valence-corrected chi connectivity index (χ2v) is 6.94. The van der Waals surface area contributed by atoms with Crippen LogP contribution in [0.15, 0.2) is 12.5 Å². The molecule has 3 amide bonds. The van der Waals surface area contributed by atoms with E-state index in [1.54, 1.807) is 6.20 Å². The maximum absolute atomic E-state index is 12.4. The predicted octanol–water partition coefficient (Wildman–Crippen LogP) is -2.51. The van der Waals surface area contributed by atoms with Crippen molar-refractivity contribution in [2.75, 3.05) is 13.2 Å². The number of nitrogens with one attached hydrogen (secondary N) is 4. The first-order valence-electron chi connectivity index (χ1n) is 9.08. The van der Waals surface area contributed by atoms with Gasteiger partial charge in [0.2, 0.25) is 17.7 Å². The third-order valence-corrected chi connectivity index (χ3v) is 3.91. The van der Waals surface area contributed by atoms with Crippen molar-refractivity contribution in [1.29, 1.82) is 0 Å². The van der Waals surface area contributed by atoms with Crippen LogP contribution in [-0.2, 0) is 25.6 Å². The maximum Gasteiger partial charge on any atom is 0.328 e. The van der Waals surface area contributed by atoms with E-state index in [0.717, 1.165) is 0 Å². The molecule has 1 rings (SSSR count). The van der Waals surface area contributed by atoms with Crippen LogP contribution >= 0.6 is 0 Å². The number of nitrogens with zero attached hydrogens (tertiary/aromatic N) is 1. The molecule has 8 N–H and O–H groups in total. The van der Waals surface area contributed by atoms with E-state index in [-0.39, 0.29) is 12.3 Å². The zero-order valence-corrected chi connectivity index (χ0v) is 16.3. The third-order valence-electron chi connectivity index (χ3n) is 3.91. The highest BCUT2D eigenvalue weighted by molar-refractivity contribution is 5.92. The molecule has 0 bridgehead atoms. The fourth-order valence-corrected chi connectivity index (χ4v) is 2.43. The minimum absolute atomic E-state index is 0.0643. The molecule has 0 aromatic carbocycles. The summed E-state index contributed by atoms with van der Waals surface area (Å²) < 4.78 is 0. The Hall–Kier alpha value is -2.99. The van der Waals surface area contributed by atoms with E-state index in [1.165, 1.54) is 6.33 Å². The van der Waals surface area contributed by atoms with Gasteiger partial charge in [0, 0.05) is 18.3 Å². The number of H-pyrrole nitrogens is 1. The Morgan fingerprint density at radius 1 is 1.17 bits per heavy atom. The Labute approximate surface area is 167 Å². The summed E-state index contributed by atoms with van der Waals surface area (Å²) in [6.07, 6.45) is 3.53. The fraction of sp³-hybridized carbons (Fsp3) is 0.588. The second kappa shape index (κ2) is 11.8. The molecule has 3 unspecified atom stereocenters. The average molecular weight is 412 g/mol. The first kappa shape index (κ1) is 24.0. The van der Waals surface area contributed by atoms with Gasteiger partial charge in [-0.25, -0.2) is 9.78 Å². The summed E-state index contributed by atoms with van der Waals surface area (Å²) in [5.74, 6) is -3.26. The van der Waals surface area contributed by atoms with Crippen LogP contribution in [0, 0.1) is 5.92 Å². The van der Waals surface area contributed by atoms with Gasteiger partial charge in [0.1, 0.15) is 12.1 Å². The minimum atomic E-state index is -1.47. The van der Waals surface area contributed by atoms with E-state index in [9.17, 15) is 19.2 Å². The lowest BCUT2D eigenvalue weighted by Gasteiger charge is -2.22. The molecule has 0 saturated carbocycles. The molecule has 0 aliphatic rings. The summed E-state index contributed by atoms with van der Waals surface area (Å²) in [5.41, 5.74) is 6.55. The lowest BCUT2D eigenvalue weighted by Crippen LogP contribution is -2.54. The van der Waals surface area contributed by atoms with Crippen LogP contribution in [0.2, 0.25) is 0 Å². The Morgan fingerprint density at radius 3 is 2.38 bits per heavy atom. The highest BCUT2D eigenvalue weighted by Gasteiger charge is 2.26. The number of carboxylic acids is 1. The summed E-state index contributed by atoms with van der Waals surface area (Å²) in [7, 11) is 0. The van der Waals surface area contributed by atoms with Crippen LogP contribution in [0.4, 0.5) is 0 Å². The minimum Gasteiger partial charge on any atom is -0.480 e. The van der Waals surface area contributed by atoms with Crippen molar-refractivity contribution in [3.05, 3.63) is 18.2 Å². The standard InChI is InChI=1S/C17H28N6O6/c1-9(2)3-12(23-15(26)11(18)4-10-5-19-8-21-10)16(27)20-6-14(25)22-13(7-24)17(28)29/h5,8-9,11-13,24H,3-4,6-7,18H2,1-2H3,(H,19,21)(H,20,27)(H,22,25)(H,23,26)(H,28,29). The highest BCUT2D eigenvalue weighted by Crippen LogP contribution is 2.06. The van der Waals surface area contributed by atoms with Crippen molar-refractivity contribution in [1.82, 2.24) is 25.9 Å². The molecule has 0 aliphatic carbocycles. The summed E-state index contributed by atoms with van der Waals surface area (Å²) >= 11 is 0. The van der Waals surface area contributed by atoms with E-state index in [2.05, 4.69) is 25.9 Å². The van der Waals surface area contributed by atoms with Gasteiger partial charge in [-0.2, -0.15) is 0 Å². The van der Waals surface area contributed by atoms with Crippen LogP contribution in [0.5, 0.6) is 0 Å². The number of aliphatic carboxylic acids is 1. The first-order valence-corrected chi connectivity index (χ1v) is 9.08. The van der Waals surface area contributed by atoms with Crippen molar-refractivity contribution in [3.8, 4) is 0 Å². The Kier molecular flexibility index (Phi) is 9.75. The normalized spacial score (nSPS) is 14.0. The molecule has 0 saturated heterocycles. The summed E-state index contributed by atoms with van der Waals surface area (Å²) in [5, 5.41) is 24.7. The lowest BCUT2D eigenvalue weighted by molar-refractivity contribution is -0.142. The van der Waals surface area contributed by atoms with Crippen molar-refractivity contribution >= 4 is 23.7 Å². The van der Waals surface area contributed by atoms with E-state index in [0.29, 0.717) is 12.1 Å². The number of aromatic nitrogens is 2. The molecule has 162 valence electrons.